The molecule has 3 aromatic rings. The molecule has 0 radical (unpaired) electrons. The first kappa shape index (κ1) is 22.4. The van der Waals surface area contributed by atoms with Gasteiger partial charge in [0, 0.05) is 29.7 Å². The fourth-order valence-electron chi connectivity index (χ4n) is 3.04. The van der Waals surface area contributed by atoms with Gasteiger partial charge in [-0.05, 0) is 43.3 Å². The first-order valence-corrected chi connectivity index (χ1v) is 10.0. The zero-order valence-electron chi connectivity index (χ0n) is 16.8. The molecule has 0 bridgehead atoms. The number of nitrogens with zero attached hydrogens (tertiary/aromatic N) is 3. The molecule has 3 rings (SSSR count). The molecule has 0 amide bonds. The Morgan fingerprint density at radius 2 is 1.79 bits per heavy atom. The second-order valence-electron chi connectivity index (χ2n) is 6.60. The van der Waals surface area contributed by atoms with Crippen molar-refractivity contribution in [3.05, 3.63) is 74.7 Å². The Bertz CT molecular complexity index is 914. The molecule has 5 nitrogen and oxygen atoms in total. The van der Waals surface area contributed by atoms with E-state index >= 15 is 0 Å². The molecule has 28 heavy (non-hydrogen) atoms. The molecule has 0 aliphatic heterocycles. The standard InChI is InChI=1S/C21H27N5S.HI/c1-15-10-11-27-20(15)13-24-21(22-4)23-12-19-16(2)25-26(17(19)3)14-18-8-6-5-7-9-18;/h5-11H,12-14H2,1-4H3,(H2,22,23,24);1H. The van der Waals surface area contributed by atoms with Crippen molar-refractivity contribution >= 4 is 41.3 Å². The maximum Gasteiger partial charge on any atom is 0.191 e. The summed E-state index contributed by atoms with van der Waals surface area (Å²) in [6.07, 6.45) is 0. The Labute approximate surface area is 188 Å². The van der Waals surface area contributed by atoms with Crippen LogP contribution in [0.1, 0.15) is 33.0 Å². The molecular formula is C21H28IN5S. The van der Waals surface area contributed by atoms with Crippen LogP contribution in [0.3, 0.4) is 0 Å². The second-order valence-corrected chi connectivity index (χ2v) is 7.60. The van der Waals surface area contributed by atoms with Gasteiger partial charge in [0.25, 0.3) is 0 Å². The molecular weight excluding hydrogens is 481 g/mol. The summed E-state index contributed by atoms with van der Waals surface area (Å²) in [5, 5.41) is 13.7. The zero-order chi connectivity index (χ0) is 19.2. The number of hydrogen-bond acceptors (Lipinski definition) is 3. The van der Waals surface area contributed by atoms with Gasteiger partial charge >= 0.3 is 0 Å². The van der Waals surface area contributed by atoms with Crippen molar-refractivity contribution in [3.63, 3.8) is 0 Å². The first-order chi connectivity index (χ1) is 13.1. The fraction of sp³-hybridized carbons (Fsp3) is 0.333. The normalized spacial score (nSPS) is 11.2. The van der Waals surface area contributed by atoms with Crippen LogP contribution in [0.4, 0.5) is 0 Å². The Morgan fingerprint density at radius 3 is 2.43 bits per heavy atom. The highest BCUT2D eigenvalue weighted by Crippen LogP contribution is 2.16. The third kappa shape index (κ3) is 5.57. The lowest BCUT2D eigenvalue weighted by molar-refractivity contribution is 0.657. The Balaban J connectivity index is 0.00000280. The van der Waals surface area contributed by atoms with E-state index in [1.54, 1.807) is 18.4 Å². The van der Waals surface area contributed by atoms with Crippen LogP contribution in [-0.2, 0) is 19.6 Å². The van der Waals surface area contributed by atoms with Crippen LogP contribution in [0, 0.1) is 20.8 Å². The van der Waals surface area contributed by atoms with Gasteiger partial charge in [0.05, 0.1) is 18.8 Å². The number of thiophene rings is 1. The predicted octanol–water partition coefficient (Wildman–Crippen LogP) is 4.40. The van der Waals surface area contributed by atoms with Crippen molar-refractivity contribution in [2.75, 3.05) is 7.05 Å². The van der Waals surface area contributed by atoms with Crippen LogP contribution in [0.25, 0.3) is 0 Å². The summed E-state index contributed by atoms with van der Waals surface area (Å²) in [7, 11) is 1.80. The van der Waals surface area contributed by atoms with E-state index < -0.39 is 0 Å². The van der Waals surface area contributed by atoms with Gasteiger partial charge in [-0.15, -0.1) is 35.3 Å². The highest BCUT2D eigenvalue weighted by Gasteiger charge is 2.12. The van der Waals surface area contributed by atoms with Crippen molar-refractivity contribution in [2.24, 2.45) is 4.99 Å². The number of benzene rings is 1. The van der Waals surface area contributed by atoms with E-state index in [9.17, 15) is 0 Å². The van der Waals surface area contributed by atoms with Crippen molar-refractivity contribution in [1.82, 2.24) is 20.4 Å². The Kier molecular flexibility index (Phi) is 8.50. The summed E-state index contributed by atoms with van der Waals surface area (Å²) >= 11 is 1.77. The smallest absolute Gasteiger partial charge is 0.191 e. The van der Waals surface area contributed by atoms with Crippen molar-refractivity contribution in [3.8, 4) is 0 Å². The van der Waals surface area contributed by atoms with E-state index in [1.165, 1.54) is 27.3 Å². The predicted molar refractivity (Wildman–Crippen MR) is 129 cm³/mol. The van der Waals surface area contributed by atoms with Gasteiger partial charge in [-0.25, -0.2) is 0 Å². The minimum Gasteiger partial charge on any atom is -0.352 e. The lowest BCUT2D eigenvalue weighted by Gasteiger charge is -2.12. The zero-order valence-corrected chi connectivity index (χ0v) is 20.0. The summed E-state index contributed by atoms with van der Waals surface area (Å²) in [6, 6.07) is 12.6. The molecule has 2 heterocycles. The van der Waals surface area contributed by atoms with Gasteiger partial charge < -0.3 is 10.6 Å². The van der Waals surface area contributed by atoms with Crippen LogP contribution in [0.5, 0.6) is 0 Å². The summed E-state index contributed by atoms with van der Waals surface area (Å²) in [4.78, 5) is 5.67. The van der Waals surface area contributed by atoms with Crippen LogP contribution in [0.2, 0.25) is 0 Å². The number of rotatable bonds is 6. The Hall–Kier alpha value is -1.87. The molecule has 2 N–H and O–H groups in total. The van der Waals surface area contributed by atoms with E-state index in [0.717, 1.165) is 24.7 Å². The molecule has 0 saturated carbocycles. The summed E-state index contributed by atoms with van der Waals surface area (Å²) in [5.41, 5.74) is 6.04. The maximum atomic E-state index is 4.73. The summed E-state index contributed by atoms with van der Waals surface area (Å²) in [6.45, 7) is 8.61. The third-order valence-corrected chi connectivity index (χ3v) is 5.77. The third-order valence-electron chi connectivity index (χ3n) is 4.75. The fourth-order valence-corrected chi connectivity index (χ4v) is 3.89. The molecule has 0 fully saturated rings. The molecule has 2 aromatic heterocycles. The van der Waals surface area contributed by atoms with Crippen LogP contribution in [0.15, 0.2) is 46.8 Å². The molecule has 0 atom stereocenters. The van der Waals surface area contributed by atoms with Gasteiger partial charge in [0.2, 0.25) is 0 Å². The minimum atomic E-state index is 0. The molecule has 0 saturated heterocycles. The highest BCUT2D eigenvalue weighted by molar-refractivity contribution is 14.0. The van der Waals surface area contributed by atoms with Crippen LogP contribution in [-0.4, -0.2) is 22.8 Å². The SMILES string of the molecule is CN=C(NCc1sccc1C)NCc1c(C)nn(Cc2ccccc2)c1C.I. The van der Waals surface area contributed by atoms with Crippen LogP contribution < -0.4 is 10.6 Å². The van der Waals surface area contributed by atoms with E-state index in [4.69, 9.17) is 5.10 Å². The van der Waals surface area contributed by atoms with Gasteiger partial charge in [-0.3, -0.25) is 9.67 Å². The number of nitrogens with one attached hydrogen (secondary N) is 2. The highest BCUT2D eigenvalue weighted by atomic mass is 127. The van der Waals surface area contributed by atoms with Crippen molar-refractivity contribution in [1.29, 1.82) is 0 Å². The van der Waals surface area contributed by atoms with Gasteiger partial charge in [-0.1, -0.05) is 30.3 Å². The molecule has 150 valence electrons. The van der Waals surface area contributed by atoms with Gasteiger partial charge in [0.15, 0.2) is 5.96 Å². The quantitative estimate of drug-likeness (QED) is 0.294. The lowest BCUT2D eigenvalue weighted by atomic mass is 10.2. The molecule has 7 heteroatoms. The van der Waals surface area contributed by atoms with E-state index in [2.05, 4.69) is 76.8 Å². The largest absolute Gasteiger partial charge is 0.352 e. The molecule has 1 aromatic carbocycles. The average molecular weight is 509 g/mol. The van der Waals surface area contributed by atoms with E-state index in [-0.39, 0.29) is 24.0 Å². The molecule has 0 unspecified atom stereocenters. The summed E-state index contributed by atoms with van der Waals surface area (Å²) in [5.74, 6) is 0.803. The number of hydrogen-bond donors (Lipinski definition) is 2. The number of halogens is 1. The first-order valence-electron chi connectivity index (χ1n) is 9.12. The van der Waals surface area contributed by atoms with Gasteiger partial charge in [0.1, 0.15) is 0 Å². The minimum absolute atomic E-state index is 0. The van der Waals surface area contributed by atoms with Gasteiger partial charge in [-0.2, -0.15) is 5.10 Å². The Morgan fingerprint density at radius 1 is 1.07 bits per heavy atom. The molecule has 0 aliphatic rings. The van der Waals surface area contributed by atoms with Crippen LogP contribution >= 0.6 is 35.3 Å². The van der Waals surface area contributed by atoms with Crippen molar-refractivity contribution in [2.45, 2.75) is 40.4 Å². The van der Waals surface area contributed by atoms with E-state index in [1.807, 2.05) is 6.07 Å². The maximum absolute atomic E-state index is 4.73. The number of aliphatic imine (C=N–C) groups is 1. The topological polar surface area (TPSA) is 54.2 Å². The number of aromatic nitrogens is 2. The average Bonchev–Trinajstić information content (AvgIpc) is 3.20. The molecule has 0 spiro atoms. The molecule has 0 aliphatic carbocycles. The lowest BCUT2D eigenvalue weighted by Crippen LogP contribution is -2.36. The number of guanidine groups is 1. The summed E-state index contributed by atoms with van der Waals surface area (Å²) < 4.78 is 2.08. The monoisotopic (exact) mass is 509 g/mol. The second kappa shape index (κ2) is 10.6. The number of aryl methyl sites for hydroxylation is 2. The van der Waals surface area contributed by atoms with Crippen molar-refractivity contribution < 1.29 is 0 Å². The van der Waals surface area contributed by atoms with E-state index in [0.29, 0.717) is 6.54 Å².